The van der Waals surface area contributed by atoms with Crippen LogP contribution >= 0.6 is 0 Å². The normalized spacial score (nSPS) is 11.8. The largest absolute Gasteiger partial charge is 0.508 e. The highest BCUT2D eigenvalue weighted by molar-refractivity contribution is 5.83. The molecule has 0 heterocycles. The molecule has 0 aromatic rings. The highest BCUT2D eigenvalue weighted by Crippen LogP contribution is 1.89. The van der Waals surface area contributed by atoms with Crippen molar-refractivity contribution in [2.45, 2.75) is 0 Å². The zero-order valence-corrected chi connectivity index (χ0v) is 5.39. The van der Waals surface area contributed by atoms with Gasteiger partial charge in [-0.05, 0) is 6.08 Å². The Bertz CT molecular complexity index is 225. The van der Waals surface area contributed by atoms with Crippen LogP contribution in [0.5, 0.6) is 0 Å². The molecule has 0 atom stereocenters. The second-order valence-electron chi connectivity index (χ2n) is 1.58. The molecule has 0 unspecified atom stereocenters. The summed E-state index contributed by atoms with van der Waals surface area (Å²) in [6.45, 7) is 0. The number of carboxylic acids is 2. The van der Waals surface area contributed by atoms with Crippen molar-refractivity contribution in [3.8, 4) is 0 Å². The third-order valence-corrected chi connectivity index (χ3v) is 0.668. The standard InChI is InChI=1S/C6H6O5/c7-4(3-6(10)11)1-2-5(8)9/h1-3,7H,(H,8,9)(H,10,11)/b2-1+,4-3-. The van der Waals surface area contributed by atoms with Gasteiger partial charge in [0.2, 0.25) is 0 Å². The summed E-state index contributed by atoms with van der Waals surface area (Å²) in [5, 5.41) is 24.7. The van der Waals surface area contributed by atoms with Gasteiger partial charge in [0.1, 0.15) is 5.76 Å². The van der Waals surface area contributed by atoms with Crippen LogP contribution in [-0.2, 0) is 9.59 Å². The molecular formula is C6H6O5. The van der Waals surface area contributed by atoms with Gasteiger partial charge in [-0.1, -0.05) is 0 Å². The second-order valence-corrected chi connectivity index (χ2v) is 1.58. The number of rotatable bonds is 3. The molecule has 0 aliphatic rings. The summed E-state index contributed by atoms with van der Waals surface area (Å²) in [6.07, 6.45) is 1.89. The minimum atomic E-state index is -1.34. The number of allylic oxidation sites excluding steroid dienone is 1. The van der Waals surface area contributed by atoms with Crippen LogP contribution in [0.3, 0.4) is 0 Å². The number of carboxylic acid groups (broad SMARTS) is 2. The molecular weight excluding hydrogens is 152 g/mol. The van der Waals surface area contributed by atoms with E-state index >= 15 is 0 Å². The first-order valence-corrected chi connectivity index (χ1v) is 2.57. The minimum Gasteiger partial charge on any atom is -0.508 e. The Hall–Kier alpha value is -1.78. The van der Waals surface area contributed by atoms with Crippen molar-refractivity contribution in [1.29, 1.82) is 0 Å². The van der Waals surface area contributed by atoms with Crippen LogP contribution in [0.15, 0.2) is 24.0 Å². The Balaban J connectivity index is 4.17. The van der Waals surface area contributed by atoms with Gasteiger partial charge in [-0.15, -0.1) is 0 Å². The average molecular weight is 158 g/mol. The van der Waals surface area contributed by atoms with Crippen LogP contribution < -0.4 is 0 Å². The van der Waals surface area contributed by atoms with E-state index in [0.29, 0.717) is 12.2 Å². The van der Waals surface area contributed by atoms with Crippen LogP contribution in [-0.4, -0.2) is 27.3 Å². The number of hydrogen-bond acceptors (Lipinski definition) is 3. The Morgan fingerprint density at radius 2 is 1.45 bits per heavy atom. The lowest BCUT2D eigenvalue weighted by atomic mass is 10.4. The van der Waals surface area contributed by atoms with E-state index in [1.165, 1.54) is 0 Å². The van der Waals surface area contributed by atoms with Gasteiger partial charge in [-0.2, -0.15) is 0 Å². The summed E-state index contributed by atoms with van der Waals surface area (Å²) >= 11 is 0. The van der Waals surface area contributed by atoms with Crippen molar-refractivity contribution < 1.29 is 24.9 Å². The highest BCUT2D eigenvalue weighted by Gasteiger charge is 1.93. The summed E-state index contributed by atoms with van der Waals surface area (Å²) in [5.74, 6) is -3.20. The lowest BCUT2D eigenvalue weighted by molar-refractivity contribution is -0.132. The molecule has 0 aliphatic heterocycles. The molecule has 0 saturated heterocycles. The van der Waals surface area contributed by atoms with E-state index in [4.69, 9.17) is 15.3 Å². The van der Waals surface area contributed by atoms with Gasteiger partial charge in [-0.3, -0.25) is 0 Å². The van der Waals surface area contributed by atoms with Crippen LogP contribution in [0.1, 0.15) is 0 Å². The van der Waals surface area contributed by atoms with E-state index in [0.717, 1.165) is 6.08 Å². The molecule has 0 radical (unpaired) electrons. The quantitative estimate of drug-likeness (QED) is 0.309. The molecule has 0 aliphatic carbocycles. The number of aliphatic hydroxyl groups is 1. The first kappa shape index (κ1) is 9.22. The second kappa shape index (κ2) is 4.10. The molecule has 0 fully saturated rings. The molecule has 0 amide bonds. The summed E-state index contributed by atoms with van der Waals surface area (Å²) in [6, 6.07) is 0. The van der Waals surface area contributed by atoms with Gasteiger partial charge < -0.3 is 15.3 Å². The van der Waals surface area contributed by atoms with E-state index < -0.39 is 17.7 Å². The third-order valence-electron chi connectivity index (χ3n) is 0.668. The van der Waals surface area contributed by atoms with Crippen molar-refractivity contribution in [3.63, 3.8) is 0 Å². The molecule has 11 heavy (non-hydrogen) atoms. The maximum absolute atomic E-state index is 9.84. The zero-order chi connectivity index (χ0) is 8.85. The van der Waals surface area contributed by atoms with Crippen molar-refractivity contribution in [2.24, 2.45) is 0 Å². The fraction of sp³-hybridized carbons (Fsp3) is 0. The van der Waals surface area contributed by atoms with Crippen molar-refractivity contribution in [2.75, 3.05) is 0 Å². The first-order chi connectivity index (χ1) is 5.02. The molecule has 0 spiro atoms. The highest BCUT2D eigenvalue weighted by atomic mass is 16.4. The molecule has 0 saturated carbocycles. The molecule has 0 rings (SSSR count). The number of carbonyl (C=O) groups is 2. The fourth-order valence-corrected chi connectivity index (χ4v) is 0.331. The summed E-state index contributed by atoms with van der Waals surface area (Å²) < 4.78 is 0. The maximum Gasteiger partial charge on any atom is 0.332 e. The van der Waals surface area contributed by atoms with Gasteiger partial charge in [0, 0.05) is 6.08 Å². The number of hydrogen-bond donors (Lipinski definition) is 3. The summed E-state index contributed by atoms with van der Waals surface area (Å²) in [7, 11) is 0. The van der Waals surface area contributed by atoms with Crippen LogP contribution in [0, 0.1) is 0 Å². The Kier molecular flexibility index (Phi) is 3.44. The van der Waals surface area contributed by atoms with E-state index in [1.54, 1.807) is 0 Å². The lowest BCUT2D eigenvalue weighted by Crippen LogP contribution is -1.91. The lowest BCUT2D eigenvalue weighted by Gasteiger charge is -1.85. The van der Waals surface area contributed by atoms with Crippen LogP contribution in [0.25, 0.3) is 0 Å². The molecule has 60 valence electrons. The van der Waals surface area contributed by atoms with E-state index in [9.17, 15) is 9.59 Å². The van der Waals surface area contributed by atoms with Crippen LogP contribution in [0.2, 0.25) is 0 Å². The van der Waals surface area contributed by atoms with E-state index in [1.807, 2.05) is 0 Å². The molecule has 0 bridgehead atoms. The van der Waals surface area contributed by atoms with E-state index in [2.05, 4.69) is 0 Å². The molecule has 5 nitrogen and oxygen atoms in total. The van der Waals surface area contributed by atoms with Gasteiger partial charge >= 0.3 is 11.9 Å². The maximum atomic E-state index is 9.84. The number of aliphatic carboxylic acids is 2. The smallest absolute Gasteiger partial charge is 0.332 e. The first-order valence-electron chi connectivity index (χ1n) is 2.57. The van der Waals surface area contributed by atoms with Gasteiger partial charge in [0.05, 0.1) is 6.08 Å². The molecule has 3 N–H and O–H groups in total. The van der Waals surface area contributed by atoms with E-state index in [-0.39, 0.29) is 0 Å². The molecule has 0 aromatic carbocycles. The number of aliphatic hydroxyl groups excluding tert-OH is 1. The van der Waals surface area contributed by atoms with Crippen molar-refractivity contribution >= 4 is 11.9 Å². The van der Waals surface area contributed by atoms with Crippen molar-refractivity contribution in [3.05, 3.63) is 24.0 Å². The molecule has 5 heteroatoms. The Labute approximate surface area is 61.9 Å². The van der Waals surface area contributed by atoms with Gasteiger partial charge in [-0.25, -0.2) is 9.59 Å². The summed E-state index contributed by atoms with van der Waals surface area (Å²) in [5.41, 5.74) is 0. The van der Waals surface area contributed by atoms with Gasteiger partial charge in [0.25, 0.3) is 0 Å². The Morgan fingerprint density at radius 3 is 1.82 bits per heavy atom. The average Bonchev–Trinajstić information content (AvgIpc) is 1.82. The monoisotopic (exact) mass is 158 g/mol. The summed E-state index contributed by atoms with van der Waals surface area (Å²) in [4.78, 5) is 19.7. The minimum absolute atomic E-state index is 0.486. The predicted molar refractivity (Wildman–Crippen MR) is 35.1 cm³/mol. The van der Waals surface area contributed by atoms with Gasteiger partial charge in [0.15, 0.2) is 0 Å². The Morgan fingerprint density at radius 1 is 0.909 bits per heavy atom. The zero-order valence-electron chi connectivity index (χ0n) is 5.39. The third kappa shape index (κ3) is 6.10. The predicted octanol–water partition coefficient (Wildman–Crippen LogP) is 0.154. The molecule has 0 aromatic heterocycles. The topological polar surface area (TPSA) is 94.8 Å². The SMILES string of the molecule is O=C(O)/C=C(O)/C=C/C(=O)O. The van der Waals surface area contributed by atoms with Crippen molar-refractivity contribution in [1.82, 2.24) is 0 Å². The fourth-order valence-electron chi connectivity index (χ4n) is 0.331. The van der Waals surface area contributed by atoms with Crippen LogP contribution in [0.4, 0.5) is 0 Å².